The number of anilines is 1. The molecular formula is C12H13N7O5. The Morgan fingerprint density at radius 1 is 0.750 bits per heavy atom. The lowest BCUT2D eigenvalue weighted by atomic mass is 10.6. The van der Waals surface area contributed by atoms with Gasteiger partial charge < -0.3 is 15.7 Å². The second kappa shape index (κ2) is 9.14. The Labute approximate surface area is 131 Å². The van der Waals surface area contributed by atoms with Gasteiger partial charge in [-0.1, -0.05) is 0 Å². The van der Waals surface area contributed by atoms with Crippen LogP contribution in [0, 0.1) is 0 Å². The molecule has 0 amide bonds. The first-order valence-electron chi connectivity index (χ1n) is 6.23. The van der Waals surface area contributed by atoms with Gasteiger partial charge in [-0.15, -0.1) is 0 Å². The van der Waals surface area contributed by atoms with Gasteiger partial charge in [-0.3, -0.25) is 24.5 Å². The third kappa shape index (κ3) is 7.72. The number of hydrogen-bond donors (Lipinski definition) is 6. The van der Waals surface area contributed by atoms with Gasteiger partial charge in [-0.2, -0.15) is 0 Å². The second-order valence-electron chi connectivity index (χ2n) is 3.92. The number of aromatic amines is 5. The lowest BCUT2D eigenvalue weighted by molar-refractivity contribution is 1.04. The van der Waals surface area contributed by atoms with Crippen LogP contribution in [-0.4, -0.2) is 29.9 Å². The van der Waals surface area contributed by atoms with Gasteiger partial charge in [0.2, 0.25) is 0 Å². The van der Waals surface area contributed by atoms with Crippen LogP contribution in [0.2, 0.25) is 0 Å². The van der Waals surface area contributed by atoms with E-state index in [1.54, 1.807) is 0 Å². The van der Waals surface area contributed by atoms with E-state index in [9.17, 15) is 24.0 Å². The number of nitrogens with zero attached hydrogens (tertiary/aromatic N) is 1. The molecule has 126 valence electrons. The molecule has 0 bridgehead atoms. The van der Waals surface area contributed by atoms with Gasteiger partial charge in [-0.25, -0.2) is 19.4 Å². The van der Waals surface area contributed by atoms with E-state index in [1.807, 2.05) is 9.97 Å². The minimum absolute atomic E-state index is 0.338. The number of nitrogens with two attached hydrogens (primary N) is 1. The zero-order valence-electron chi connectivity index (χ0n) is 12.0. The van der Waals surface area contributed by atoms with Crippen LogP contribution in [0.25, 0.3) is 0 Å². The highest BCUT2D eigenvalue weighted by atomic mass is 16.2. The summed E-state index contributed by atoms with van der Waals surface area (Å²) in [5.41, 5.74) is 3.04. The predicted octanol–water partition coefficient (Wildman–Crippen LogP) is -2.52. The van der Waals surface area contributed by atoms with Gasteiger partial charge in [0.25, 0.3) is 11.1 Å². The van der Waals surface area contributed by atoms with Crippen LogP contribution < -0.4 is 33.9 Å². The maximum atomic E-state index is 10.2. The molecular weight excluding hydrogens is 322 g/mol. The Hall–Kier alpha value is -3.96. The highest BCUT2D eigenvalue weighted by Gasteiger charge is 1.81. The van der Waals surface area contributed by atoms with Gasteiger partial charge >= 0.3 is 17.1 Å². The molecule has 0 spiro atoms. The van der Waals surface area contributed by atoms with Crippen LogP contribution in [0.4, 0.5) is 5.82 Å². The van der Waals surface area contributed by atoms with E-state index in [-0.39, 0.29) is 11.1 Å². The number of nitrogens with one attached hydrogen (secondary N) is 5. The van der Waals surface area contributed by atoms with Crippen molar-refractivity contribution in [2.45, 2.75) is 0 Å². The average Bonchev–Trinajstić information content (AvgIpc) is 2.47. The fraction of sp³-hybridized carbons (Fsp3) is 0. The molecule has 0 aliphatic heterocycles. The van der Waals surface area contributed by atoms with Crippen molar-refractivity contribution in [1.82, 2.24) is 29.9 Å². The summed E-state index contributed by atoms with van der Waals surface area (Å²) in [5.74, 6) is 0.338. The molecule has 24 heavy (non-hydrogen) atoms. The third-order valence-corrected chi connectivity index (χ3v) is 2.07. The zero-order chi connectivity index (χ0) is 17.9. The average molecular weight is 335 g/mol. The lowest BCUT2D eigenvalue weighted by Gasteiger charge is -1.84. The maximum Gasteiger partial charge on any atom is 0.346 e. The summed E-state index contributed by atoms with van der Waals surface area (Å²) < 4.78 is 0. The first-order chi connectivity index (χ1) is 11.4. The van der Waals surface area contributed by atoms with E-state index in [0.717, 1.165) is 0 Å². The van der Waals surface area contributed by atoms with Crippen molar-refractivity contribution in [3.8, 4) is 0 Å². The zero-order valence-corrected chi connectivity index (χ0v) is 12.0. The molecule has 3 aromatic rings. The summed E-state index contributed by atoms with van der Waals surface area (Å²) >= 11 is 0. The summed E-state index contributed by atoms with van der Waals surface area (Å²) in [4.78, 5) is 65.2. The molecule has 0 radical (unpaired) electrons. The molecule has 3 heterocycles. The summed E-state index contributed by atoms with van der Waals surface area (Å²) in [6.45, 7) is 0. The Morgan fingerprint density at radius 2 is 1.25 bits per heavy atom. The summed E-state index contributed by atoms with van der Waals surface area (Å²) in [5, 5.41) is 0. The van der Waals surface area contributed by atoms with Crippen molar-refractivity contribution >= 4 is 5.82 Å². The van der Waals surface area contributed by atoms with Crippen molar-refractivity contribution in [1.29, 1.82) is 0 Å². The van der Waals surface area contributed by atoms with Gasteiger partial charge in [0.1, 0.15) is 5.82 Å². The highest BCUT2D eigenvalue weighted by molar-refractivity contribution is 5.22. The van der Waals surface area contributed by atoms with E-state index in [2.05, 4.69) is 19.9 Å². The summed E-state index contributed by atoms with van der Waals surface area (Å²) in [6, 6.07) is 3.99. The highest BCUT2D eigenvalue weighted by Crippen LogP contribution is 1.82. The molecule has 3 rings (SSSR count). The summed E-state index contributed by atoms with van der Waals surface area (Å²) in [6.07, 6.45) is 3.94. The lowest BCUT2D eigenvalue weighted by Crippen LogP contribution is -2.19. The van der Waals surface area contributed by atoms with Gasteiger partial charge in [-0.05, 0) is 6.07 Å². The van der Waals surface area contributed by atoms with Crippen molar-refractivity contribution in [2.24, 2.45) is 0 Å². The molecule has 3 aromatic heterocycles. The Kier molecular flexibility index (Phi) is 6.89. The van der Waals surface area contributed by atoms with Crippen LogP contribution in [0.3, 0.4) is 0 Å². The second-order valence-corrected chi connectivity index (χ2v) is 3.92. The fourth-order valence-corrected chi connectivity index (χ4v) is 1.15. The number of aromatic nitrogens is 6. The maximum absolute atomic E-state index is 10.2. The van der Waals surface area contributed by atoms with E-state index in [0.29, 0.717) is 5.82 Å². The molecule has 12 nitrogen and oxygen atoms in total. The predicted molar refractivity (Wildman–Crippen MR) is 84.6 cm³/mol. The smallest absolute Gasteiger partial charge is 0.346 e. The number of hydrogen-bond acceptors (Lipinski definition) is 7. The normalized spacial score (nSPS) is 9.00. The SMILES string of the molecule is Nc1ccnc(=O)[nH]1.O=c1cc[nH]c(=O)[nH]1.O=c1cc[nH]c(=O)[nH]1. The van der Waals surface area contributed by atoms with Crippen molar-refractivity contribution < 1.29 is 0 Å². The standard InChI is InChI=1S/C4H5N3O.2C4H4N2O2/c5-3-1-2-6-4(8)7-3;2*7-3-1-2-5-4(8)6-3/h1-2H,(H3,5,6,7,8);2*1-2H,(H2,5,6,7,8). The third-order valence-electron chi connectivity index (χ3n) is 2.07. The van der Waals surface area contributed by atoms with E-state index < -0.39 is 17.1 Å². The minimum Gasteiger partial charge on any atom is -0.385 e. The van der Waals surface area contributed by atoms with E-state index in [4.69, 9.17) is 5.73 Å². The van der Waals surface area contributed by atoms with Crippen LogP contribution in [0.1, 0.15) is 0 Å². The van der Waals surface area contributed by atoms with E-state index in [1.165, 1.54) is 36.8 Å². The first-order valence-corrected chi connectivity index (χ1v) is 6.23. The topological polar surface area (TPSA) is 203 Å². The van der Waals surface area contributed by atoms with Crippen LogP contribution >= 0.6 is 0 Å². The monoisotopic (exact) mass is 335 g/mol. The molecule has 0 fully saturated rings. The van der Waals surface area contributed by atoms with Crippen LogP contribution in [0.5, 0.6) is 0 Å². The van der Waals surface area contributed by atoms with Crippen LogP contribution in [-0.2, 0) is 0 Å². The quantitative estimate of drug-likeness (QED) is 0.260. The molecule has 0 atom stereocenters. The molecule has 0 unspecified atom stereocenters. The molecule has 0 saturated heterocycles. The van der Waals surface area contributed by atoms with Crippen molar-refractivity contribution in [3.63, 3.8) is 0 Å². The minimum atomic E-state index is -0.475. The number of H-pyrrole nitrogens is 5. The number of rotatable bonds is 0. The van der Waals surface area contributed by atoms with Gasteiger partial charge in [0.15, 0.2) is 0 Å². The fourth-order valence-electron chi connectivity index (χ4n) is 1.15. The molecule has 12 heteroatoms. The summed E-state index contributed by atoms with van der Waals surface area (Å²) in [7, 11) is 0. The van der Waals surface area contributed by atoms with Crippen molar-refractivity contribution in [3.05, 3.63) is 89.0 Å². The Bertz CT molecular complexity index is 932. The Morgan fingerprint density at radius 3 is 1.50 bits per heavy atom. The Balaban J connectivity index is 0.000000180. The molecule has 0 aromatic carbocycles. The van der Waals surface area contributed by atoms with Crippen LogP contribution in [0.15, 0.2) is 60.8 Å². The molecule has 0 aliphatic carbocycles. The molecule has 0 aliphatic rings. The number of nitrogen functional groups attached to an aromatic ring is 1. The largest absolute Gasteiger partial charge is 0.385 e. The first kappa shape index (κ1) is 18.1. The molecule has 0 saturated carbocycles. The molecule has 7 N–H and O–H groups in total. The van der Waals surface area contributed by atoms with Gasteiger partial charge in [0, 0.05) is 30.7 Å². The van der Waals surface area contributed by atoms with Crippen molar-refractivity contribution in [2.75, 3.05) is 5.73 Å². The van der Waals surface area contributed by atoms with Gasteiger partial charge in [0.05, 0.1) is 0 Å². The van der Waals surface area contributed by atoms with E-state index >= 15 is 0 Å².